The lowest BCUT2D eigenvalue weighted by molar-refractivity contribution is 0.220. The Morgan fingerprint density at radius 2 is 1.78 bits per heavy atom. The fourth-order valence-corrected chi connectivity index (χ4v) is 6.20. The molecule has 3 aromatic rings. The van der Waals surface area contributed by atoms with E-state index in [0.717, 1.165) is 17.7 Å². The van der Waals surface area contributed by atoms with Gasteiger partial charge in [-0.1, -0.05) is 29.8 Å². The van der Waals surface area contributed by atoms with E-state index >= 15 is 0 Å². The molecule has 2 atom stereocenters. The van der Waals surface area contributed by atoms with Gasteiger partial charge in [-0.15, -0.1) is 0 Å². The Bertz CT molecular complexity index is 1560. The van der Waals surface area contributed by atoms with Crippen LogP contribution in [0, 0.1) is 6.92 Å². The van der Waals surface area contributed by atoms with Crippen LogP contribution in [-0.2, 0) is 9.84 Å². The van der Waals surface area contributed by atoms with Gasteiger partial charge >= 0.3 is 0 Å². The number of aromatic nitrogens is 2. The van der Waals surface area contributed by atoms with Gasteiger partial charge in [0.15, 0.2) is 15.7 Å². The Labute approximate surface area is 249 Å². The summed E-state index contributed by atoms with van der Waals surface area (Å²) in [4.78, 5) is 11.5. The number of hydrogen-bond acceptors (Lipinski definition) is 8. The monoisotopic (exact) mass is 597 g/mol. The Morgan fingerprint density at radius 1 is 1.07 bits per heavy atom. The molecule has 4 rings (SSSR count). The van der Waals surface area contributed by atoms with Crippen molar-refractivity contribution in [3.8, 4) is 5.75 Å². The molecule has 2 heterocycles. The SMILES string of the molecule is Cc1cc(Nc2ncc(Cl)c(Nc3ccccc3S(=O)(=O)C(C)C)n2)c(OC(C)C)cc1C1=C[C@@H](C)N(C)[C@@H](C)C1. The first-order valence-electron chi connectivity index (χ1n) is 13.9. The van der Waals surface area contributed by atoms with E-state index in [1.165, 1.54) is 17.3 Å². The molecule has 1 aliphatic rings. The van der Waals surface area contributed by atoms with E-state index in [4.69, 9.17) is 16.3 Å². The number of ether oxygens (including phenoxy) is 1. The van der Waals surface area contributed by atoms with E-state index in [0.29, 0.717) is 29.5 Å². The summed E-state index contributed by atoms with van der Waals surface area (Å²) in [5.41, 5.74) is 4.71. The van der Waals surface area contributed by atoms with E-state index in [9.17, 15) is 8.42 Å². The molecule has 2 N–H and O–H groups in total. The van der Waals surface area contributed by atoms with E-state index in [-0.39, 0.29) is 21.8 Å². The van der Waals surface area contributed by atoms with Crippen molar-refractivity contribution in [2.24, 2.45) is 0 Å². The molecule has 0 aliphatic carbocycles. The lowest BCUT2D eigenvalue weighted by Gasteiger charge is -2.35. The van der Waals surface area contributed by atoms with Gasteiger partial charge in [0.1, 0.15) is 10.8 Å². The molecule has 0 spiro atoms. The second-order valence-electron chi connectivity index (χ2n) is 11.2. The fourth-order valence-electron chi connectivity index (χ4n) is 4.86. The Hall–Kier alpha value is -3.14. The molecule has 0 saturated heterocycles. The molecule has 0 amide bonds. The van der Waals surface area contributed by atoms with Crippen molar-refractivity contribution in [3.05, 3.63) is 64.8 Å². The quantitative estimate of drug-likeness (QED) is 0.263. The third-order valence-electron chi connectivity index (χ3n) is 7.39. The van der Waals surface area contributed by atoms with Crippen LogP contribution in [0.2, 0.25) is 5.02 Å². The molecule has 0 fully saturated rings. The number of rotatable bonds is 9. The number of sulfone groups is 1. The van der Waals surface area contributed by atoms with Gasteiger partial charge in [-0.25, -0.2) is 13.4 Å². The normalized spacial score (nSPS) is 18.0. The molecule has 1 aliphatic heterocycles. The van der Waals surface area contributed by atoms with Crippen LogP contribution >= 0.6 is 11.6 Å². The van der Waals surface area contributed by atoms with Gasteiger partial charge in [-0.05, 0) is 103 Å². The van der Waals surface area contributed by atoms with Crippen molar-refractivity contribution in [1.29, 1.82) is 0 Å². The number of nitrogens with one attached hydrogen (secondary N) is 2. The molecule has 0 radical (unpaired) electrons. The number of likely N-dealkylation sites (N-methyl/N-ethyl adjacent to an activating group) is 1. The second-order valence-corrected chi connectivity index (χ2v) is 14.1. The Morgan fingerprint density at radius 3 is 2.44 bits per heavy atom. The summed E-state index contributed by atoms with van der Waals surface area (Å²) in [5.74, 6) is 1.28. The molecule has 1 aromatic heterocycles. The maximum atomic E-state index is 12.9. The fraction of sp³-hybridized carbons (Fsp3) is 0.419. The predicted octanol–water partition coefficient (Wildman–Crippen LogP) is 7.39. The number of anilines is 4. The van der Waals surface area contributed by atoms with Gasteiger partial charge in [-0.3, -0.25) is 4.90 Å². The molecule has 8 nitrogen and oxygen atoms in total. The highest BCUT2D eigenvalue weighted by molar-refractivity contribution is 7.92. The van der Waals surface area contributed by atoms with Crippen molar-refractivity contribution < 1.29 is 13.2 Å². The molecule has 220 valence electrons. The number of hydrogen-bond donors (Lipinski definition) is 2. The average Bonchev–Trinajstić information content (AvgIpc) is 2.90. The lowest BCUT2D eigenvalue weighted by Crippen LogP contribution is -2.39. The molecule has 0 bridgehead atoms. The number of benzene rings is 2. The standard InChI is InChI=1S/C31H40ClN5O3S/c1-18(2)40-28-16-24(23-14-21(6)37(8)22(7)15-23)20(5)13-27(28)35-31-33-17-25(32)30(36-31)34-26-11-9-10-12-29(26)41(38,39)19(3)4/h9-14,16-19,21-22H,15H2,1-8H3,(H2,33,34,35,36)/t21-,22+/m1/s1. The maximum absolute atomic E-state index is 12.9. The van der Waals surface area contributed by atoms with E-state index < -0.39 is 15.1 Å². The van der Waals surface area contributed by atoms with Gasteiger partial charge in [0.2, 0.25) is 5.95 Å². The predicted molar refractivity (Wildman–Crippen MR) is 169 cm³/mol. The minimum Gasteiger partial charge on any atom is -0.489 e. The number of aryl methyl sites for hydroxylation is 1. The Kier molecular flexibility index (Phi) is 9.31. The summed E-state index contributed by atoms with van der Waals surface area (Å²) < 4.78 is 32.1. The zero-order chi connectivity index (χ0) is 30.1. The third kappa shape index (κ3) is 6.85. The summed E-state index contributed by atoms with van der Waals surface area (Å²) in [6.07, 6.45) is 4.72. The van der Waals surface area contributed by atoms with Gasteiger partial charge in [0, 0.05) is 12.1 Å². The minimum absolute atomic E-state index is 0.0433. The van der Waals surface area contributed by atoms with Crippen LogP contribution in [0.3, 0.4) is 0 Å². The van der Waals surface area contributed by atoms with Gasteiger partial charge in [-0.2, -0.15) is 4.98 Å². The Balaban J connectivity index is 1.69. The first-order chi connectivity index (χ1) is 19.3. The molecule has 0 unspecified atom stereocenters. The molecular weight excluding hydrogens is 558 g/mol. The van der Waals surface area contributed by atoms with Gasteiger partial charge in [0.25, 0.3) is 0 Å². The van der Waals surface area contributed by atoms with Crippen LogP contribution in [0.4, 0.5) is 23.1 Å². The largest absolute Gasteiger partial charge is 0.489 e. The average molecular weight is 598 g/mol. The third-order valence-corrected chi connectivity index (χ3v) is 9.88. The number of para-hydroxylation sites is 1. The molecular formula is C31H40ClN5O3S. The highest BCUT2D eigenvalue weighted by Crippen LogP contribution is 2.38. The van der Waals surface area contributed by atoms with Crippen LogP contribution in [0.25, 0.3) is 5.57 Å². The van der Waals surface area contributed by atoms with Crippen LogP contribution in [0.15, 0.2) is 53.6 Å². The smallest absolute Gasteiger partial charge is 0.229 e. The van der Waals surface area contributed by atoms with Crippen LogP contribution in [0.1, 0.15) is 59.1 Å². The van der Waals surface area contributed by atoms with Crippen molar-refractivity contribution in [2.75, 3.05) is 17.7 Å². The maximum Gasteiger partial charge on any atom is 0.229 e. The zero-order valence-electron chi connectivity index (χ0n) is 25.0. The highest BCUT2D eigenvalue weighted by atomic mass is 35.5. The van der Waals surface area contributed by atoms with E-state index in [1.807, 2.05) is 13.8 Å². The summed E-state index contributed by atoms with van der Waals surface area (Å²) in [6.45, 7) is 13.8. The van der Waals surface area contributed by atoms with Crippen molar-refractivity contribution >= 4 is 50.2 Å². The van der Waals surface area contributed by atoms with Crippen molar-refractivity contribution in [1.82, 2.24) is 14.9 Å². The summed E-state index contributed by atoms with van der Waals surface area (Å²) in [5, 5.41) is 6.08. The van der Waals surface area contributed by atoms with Gasteiger partial charge < -0.3 is 15.4 Å². The first-order valence-corrected chi connectivity index (χ1v) is 15.8. The molecule has 0 saturated carbocycles. The van der Waals surface area contributed by atoms with E-state index in [1.54, 1.807) is 38.1 Å². The molecule has 10 heteroatoms. The lowest BCUT2D eigenvalue weighted by atomic mass is 9.89. The second kappa shape index (κ2) is 12.4. The number of halogens is 1. The van der Waals surface area contributed by atoms with Gasteiger partial charge in [0.05, 0.1) is 33.8 Å². The molecule has 41 heavy (non-hydrogen) atoms. The van der Waals surface area contributed by atoms with Crippen LogP contribution in [-0.4, -0.2) is 53.8 Å². The number of nitrogens with zero attached hydrogens (tertiary/aromatic N) is 3. The topological polar surface area (TPSA) is 96.5 Å². The summed E-state index contributed by atoms with van der Waals surface area (Å²) >= 11 is 6.45. The first kappa shape index (κ1) is 30.8. The summed E-state index contributed by atoms with van der Waals surface area (Å²) in [6, 6.07) is 11.6. The van der Waals surface area contributed by atoms with Crippen LogP contribution in [0.5, 0.6) is 5.75 Å². The minimum atomic E-state index is -3.53. The van der Waals surface area contributed by atoms with Crippen molar-refractivity contribution in [2.45, 2.75) is 83.2 Å². The highest BCUT2D eigenvalue weighted by Gasteiger charge is 2.25. The zero-order valence-corrected chi connectivity index (χ0v) is 26.6. The van der Waals surface area contributed by atoms with E-state index in [2.05, 4.69) is 71.5 Å². The molecule has 2 aromatic carbocycles. The van der Waals surface area contributed by atoms with Crippen LogP contribution < -0.4 is 15.4 Å². The summed E-state index contributed by atoms with van der Waals surface area (Å²) in [7, 11) is -1.37. The van der Waals surface area contributed by atoms with Crippen molar-refractivity contribution in [3.63, 3.8) is 0 Å².